The van der Waals surface area contributed by atoms with Crippen LogP contribution in [0.25, 0.3) is 0 Å². The highest BCUT2D eigenvalue weighted by Gasteiger charge is 2.14. The maximum atomic E-state index is 5.92. The second kappa shape index (κ2) is 6.71. The van der Waals surface area contributed by atoms with Crippen LogP contribution in [0.1, 0.15) is 37.9 Å². The van der Waals surface area contributed by atoms with E-state index in [9.17, 15) is 0 Å². The molecule has 18 heavy (non-hydrogen) atoms. The molecule has 1 fully saturated rings. The van der Waals surface area contributed by atoms with E-state index < -0.39 is 0 Å². The molecule has 2 heterocycles. The molecule has 100 valence electrons. The highest BCUT2D eigenvalue weighted by atomic mass is 16.5. The molecule has 0 amide bonds. The van der Waals surface area contributed by atoms with Gasteiger partial charge in [-0.3, -0.25) is 4.98 Å². The van der Waals surface area contributed by atoms with Crippen LogP contribution in [0, 0.1) is 5.92 Å². The normalized spacial score (nSPS) is 18.6. The zero-order chi connectivity index (χ0) is 12.8. The fourth-order valence-corrected chi connectivity index (χ4v) is 2.03. The Morgan fingerprint density at radius 2 is 2.22 bits per heavy atom. The van der Waals surface area contributed by atoms with Crippen molar-refractivity contribution in [3.05, 3.63) is 24.0 Å². The maximum absolute atomic E-state index is 5.92. The largest absolute Gasteiger partial charge is 0.492 e. The van der Waals surface area contributed by atoms with Crippen LogP contribution in [0.5, 0.6) is 5.75 Å². The predicted molar refractivity (Wildman–Crippen MR) is 70.5 cm³/mol. The minimum absolute atomic E-state index is 0.0227. The van der Waals surface area contributed by atoms with Crippen LogP contribution >= 0.6 is 0 Å². The maximum Gasteiger partial charge on any atom is 0.137 e. The first-order valence-corrected chi connectivity index (χ1v) is 6.71. The molecular formula is C14H22N2O2. The van der Waals surface area contributed by atoms with E-state index in [1.165, 1.54) is 0 Å². The molecule has 2 rings (SSSR count). The number of hydrogen-bond donors (Lipinski definition) is 1. The van der Waals surface area contributed by atoms with Gasteiger partial charge >= 0.3 is 0 Å². The highest BCUT2D eigenvalue weighted by molar-refractivity contribution is 5.21. The Morgan fingerprint density at radius 3 is 2.83 bits per heavy atom. The van der Waals surface area contributed by atoms with Crippen molar-refractivity contribution >= 4 is 0 Å². The van der Waals surface area contributed by atoms with Crippen LogP contribution in [0.4, 0.5) is 0 Å². The molecule has 0 bridgehead atoms. The minimum atomic E-state index is 0.0227. The first-order valence-electron chi connectivity index (χ1n) is 6.71. The van der Waals surface area contributed by atoms with Crippen LogP contribution in [-0.2, 0) is 4.74 Å². The molecule has 0 saturated carbocycles. The average molecular weight is 250 g/mol. The SMILES string of the molecule is CCC(N)c1ccc(OCC2CCOCC2)cn1. The van der Waals surface area contributed by atoms with Crippen molar-refractivity contribution in [3.63, 3.8) is 0 Å². The smallest absolute Gasteiger partial charge is 0.137 e. The predicted octanol–water partition coefficient (Wildman–Crippen LogP) is 2.30. The molecule has 1 aromatic rings. The van der Waals surface area contributed by atoms with E-state index in [1.807, 2.05) is 12.1 Å². The Kier molecular flexibility index (Phi) is 4.96. The van der Waals surface area contributed by atoms with Gasteiger partial charge in [0, 0.05) is 19.3 Å². The van der Waals surface area contributed by atoms with Crippen molar-refractivity contribution in [2.24, 2.45) is 11.7 Å². The number of aromatic nitrogens is 1. The van der Waals surface area contributed by atoms with Crippen LogP contribution in [-0.4, -0.2) is 24.8 Å². The molecule has 1 atom stereocenters. The summed E-state index contributed by atoms with van der Waals surface area (Å²) in [7, 11) is 0. The van der Waals surface area contributed by atoms with Crippen molar-refractivity contribution in [3.8, 4) is 5.75 Å². The van der Waals surface area contributed by atoms with Crippen molar-refractivity contribution in [1.82, 2.24) is 4.98 Å². The lowest BCUT2D eigenvalue weighted by Crippen LogP contribution is -2.21. The van der Waals surface area contributed by atoms with E-state index in [4.69, 9.17) is 15.2 Å². The fraction of sp³-hybridized carbons (Fsp3) is 0.643. The number of hydrogen-bond acceptors (Lipinski definition) is 4. The first kappa shape index (κ1) is 13.3. The quantitative estimate of drug-likeness (QED) is 0.871. The summed E-state index contributed by atoms with van der Waals surface area (Å²) in [6.07, 6.45) is 4.85. The number of ether oxygens (including phenoxy) is 2. The van der Waals surface area contributed by atoms with E-state index in [1.54, 1.807) is 6.20 Å². The Bertz CT molecular complexity index is 347. The Morgan fingerprint density at radius 1 is 1.44 bits per heavy atom. The second-order valence-electron chi connectivity index (χ2n) is 4.80. The standard InChI is InChI=1S/C14H22N2O2/c1-2-13(15)14-4-3-12(9-16-14)18-10-11-5-7-17-8-6-11/h3-4,9,11,13H,2,5-8,10,15H2,1H3. The molecule has 0 aliphatic carbocycles. The lowest BCUT2D eigenvalue weighted by atomic mass is 10.0. The van der Waals surface area contributed by atoms with Crippen molar-refractivity contribution in [2.75, 3.05) is 19.8 Å². The molecule has 0 spiro atoms. The molecule has 4 heteroatoms. The molecule has 1 unspecified atom stereocenters. The number of nitrogens with zero attached hydrogens (tertiary/aromatic N) is 1. The van der Waals surface area contributed by atoms with Gasteiger partial charge in [0.15, 0.2) is 0 Å². The topological polar surface area (TPSA) is 57.4 Å². The molecular weight excluding hydrogens is 228 g/mol. The van der Waals surface area contributed by atoms with Gasteiger partial charge in [-0.2, -0.15) is 0 Å². The Labute approximate surface area is 108 Å². The summed E-state index contributed by atoms with van der Waals surface area (Å²) in [4.78, 5) is 4.34. The fourth-order valence-electron chi connectivity index (χ4n) is 2.03. The summed E-state index contributed by atoms with van der Waals surface area (Å²) in [5.41, 5.74) is 6.84. The highest BCUT2D eigenvalue weighted by Crippen LogP contribution is 2.19. The first-order chi connectivity index (χ1) is 8.79. The zero-order valence-electron chi connectivity index (χ0n) is 11.0. The van der Waals surface area contributed by atoms with Gasteiger partial charge in [-0.15, -0.1) is 0 Å². The minimum Gasteiger partial charge on any atom is -0.492 e. The van der Waals surface area contributed by atoms with E-state index >= 15 is 0 Å². The third-order valence-corrected chi connectivity index (χ3v) is 3.41. The molecule has 1 aliphatic heterocycles. The van der Waals surface area contributed by atoms with Crippen LogP contribution in [0.15, 0.2) is 18.3 Å². The summed E-state index contributed by atoms with van der Waals surface area (Å²) in [6.45, 7) is 4.53. The lowest BCUT2D eigenvalue weighted by Gasteiger charge is -2.22. The molecule has 2 N–H and O–H groups in total. The van der Waals surface area contributed by atoms with Gasteiger partial charge < -0.3 is 15.2 Å². The van der Waals surface area contributed by atoms with E-state index in [-0.39, 0.29) is 6.04 Å². The molecule has 1 saturated heterocycles. The monoisotopic (exact) mass is 250 g/mol. The molecule has 0 aromatic carbocycles. The molecule has 1 aromatic heterocycles. The van der Waals surface area contributed by atoms with Gasteiger partial charge in [-0.1, -0.05) is 6.92 Å². The summed E-state index contributed by atoms with van der Waals surface area (Å²) < 4.78 is 11.1. The van der Waals surface area contributed by atoms with E-state index in [0.29, 0.717) is 5.92 Å². The van der Waals surface area contributed by atoms with Crippen molar-refractivity contribution in [1.29, 1.82) is 0 Å². The third kappa shape index (κ3) is 3.68. The second-order valence-corrected chi connectivity index (χ2v) is 4.80. The van der Waals surface area contributed by atoms with Crippen molar-refractivity contribution in [2.45, 2.75) is 32.2 Å². The van der Waals surface area contributed by atoms with E-state index in [0.717, 1.165) is 50.5 Å². The van der Waals surface area contributed by atoms with E-state index in [2.05, 4.69) is 11.9 Å². The molecule has 4 nitrogen and oxygen atoms in total. The average Bonchev–Trinajstić information content (AvgIpc) is 2.46. The van der Waals surface area contributed by atoms with Gasteiger partial charge in [0.1, 0.15) is 5.75 Å². The van der Waals surface area contributed by atoms with Crippen LogP contribution in [0.3, 0.4) is 0 Å². The zero-order valence-corrected chi connectivity index (χ0v) is 11.0. The summed E-state index contributed by atoms with van der Waals surface area (Å²) in [5.74, 6) is 1.44. The van der Waals surface area contributed by atoms with Crippen LogP contribution < -0.4 is 10.5 Å². The van der Waals surface area contributed by atoms with Gasteiger partial charge in [0.25, 0.3) is 0 Å². The van der Waals surface area contributed by atoms with Gasteiger partial charge in [-0.05, 0) is 37.3 Å². The third-order valence-electron chi connectivity index (χ3n) is 3.41. The number of pyridine rings is 1. The molecule has 0 radical (unpaired) electrons. The summed E-state index contributed by atoms with van der Waals surface area (Å²) in [5, 5.41) is 0. The van der Waals surface area contributed by atoms with Gasteiger partial charge in [0.2, 0.25) is 0 Å². The van der Waals surface area contributed by atoms with Gasteiger partial charge in [0.05, 0.1) is 18.5 Å². The summed E-state index contributed by atoms with van der Waals surface area (Å²) in [6, 6.07) is 3.93. The van der Waals surface area contributed by atoms with Crippen molar-refractivity contribution < 1.29 is 9.47 Å². The Balaban J connectivity index is 1.82. The number of rotatable bonds is 5. The van der Waals surface area contributed by atoms with Crippen LogP contribution in [0.2, 0.25) is 0 Å². The Hall–Kier alpha value is -1.13. The molecule has 1 aliphatic rings. The van der Waals surface area contributed by atoms with Gasteiger partial charge in [-0.25, -0.2) is 0 Å². The lowest BCUT2D eigenvalue weighted by molar-refractivity contribution is 0.0497. The number of nitrogens with two attached hydrogens (primary N) is 1. The summed E-state index contributed by atoms with van der Waals surface area (Å²) >= 11 is 0.